The van der Waals surface area contributed by atoms with Crippen LogP contribution >= 0.6 is 0 Å². The lowest BCUT2D eigenvalue weighted by atomic mass is 9.89. The van der Waals surface area contributed by atoms with Crippen molar-refractivity contribution in [2.75, 3.05) is 30.8 Å². The van der Waals surface area contributed by atoms with Gasteiger partial charge in [-0.3, -0.25) is 14.7 Å². The van der Waals surface area contributed by atoms with Crippen LogP contribution in [0.5, 0.6) is 0 Å². The number of aryl methyl sites for hydroxylation is 3. The van der Waals surface area contributed by atoms with E-state index in [1.54, 1.807) is 7.05 Å². The van der Waals surface area contributed by atoms with Crippen molar-refractivity contribution in [1.29, 1.82) is 0 Å². The number of nitrogens with one attached hydrogen (secondary N) is 1. The lowest BCUT2D eigenvalue weighted by Gasteiger charge is -2.34. The highest BCUT2D eigenvalue weighted by Crippen LogP contribution is 2.32. The predicted molar refractivity (Wildman–Crippen MR) is 159 cm³/mol. The van der Waals surface area contributed by atoms with E-state index in [4.69, 9.17) is 10.7 Å². The largest absolute Gasteiger partial charge is 0.351 e. The van der Waals surface area contributed by atoms with Crippen LogP contribution in [0.4, 0.5) is 10.5 Å². The minimum absolute atomic E-state index is 0.0175. The molecule has 2 aromatic carbocycles. The number of carbonyl (C=O) groups excluding carboxylic acids is 2. The minimum atomic E-state index is -3.51. The maximum absolute atomic E-state index is 13.2. The Hall–Kier alpha value is -3.24. The number of benzene rings is 2. The summed E-state index contributed by atoms with van der Waals surface area (Å²) in [4.78, 5) is 30.5. The number of anilines is 1. The summed E-state index contributed by atoms with van der Waals surface area (Å²) in [5.41, 5.74) is 9.34. The monoisotopic (exact) mass is 567 g/mol. The number of urea groups is 1. The number of rotatable bonds is 11. The first kappa shape index (κ1) is 29.7. The molecule has 4 rings (SSSR count). The molecule has 1 fully saturated rings. The second-order valence-electron chi connectivity index (χ2n) is 11.0. The number of hydrogen-bond acceptors (Lipinski definition) is 5. The number of amidine groups is 1. The van der Waals surface area contributed by atoms with Crippen LogP contribution in [0.1, 0.15) is 60.8 Å². The van der Waals surface area contributed by atoms with E-state index >= 15 is 0 Å². The van der Waals surface area contributed by atoms with Gasteiger partial charge in [0, 0.05) is 32.2 Å². The van der Waals surface area contributed by atoms with Crippen LogP contribution in [0.3, 0.4) is 0 Å². The summed E-state index contributed by atoms with van der Waals surface area (Å²) in [5.74, 6) is 0.615. The lowest BCUT2D eigenvalue weighted by molar-refractivity contribution is -0.124. The van der Waals surface area contributed by atoms with Gasteiger partial charge in [-0.05, 0) is 86.8 Å². The van der Waals surface area contributed by atoms with Crippen molar-refractivity contribution in [3.05, 3.63) is 64.7 Å². The van der Waals surface area contributed by atoms with Gasteiger partial charge in [0.2, 0.25) is 10.0 Å². The molecule has 1 spiro atoms. The van der Waals surface area contributed by atoms with Crippen LogP contribution in [0.25, 0.3) is 0 Å². The predicted octanol–water partition coefficient (Wildman–Crippen LogP) is 3.86. The van der Waals surface area contributed by atoms with Crippen LogP contribution in [-0.2, 0) is 27.7 Å². The fourth-order valence-corrected chi connectivity index (χ4v) is 7.12. The van der Waals surface area contributed by atoms with Gasteiger partial charge in [0.1, 0.15) is 11.4 Å². The fraction of sp³-hybridized carbons (Fsp3) is 0.500. The Balaban J connectivity index is 1.28. The highest BCUT2D eigenvalue weighted by molar-refractivity contribution is 7.89. The summed E-state index contributed by atoms with van der Waals surface area (Å²) in [6.45, 7) is 4.39. The first-order valence-electron chi connectivity index (χ1n) is 14.1. The standard InChI is InChI=1S/C30H41N5O4S/c1-22-20-25(34(3)29(31)37)21-23(2)26(22)14-19-40(38,39)35-17-15-30(16-18-35)28(36)32-27(33-30)13-9-5-8-12-24-10-6-4-7-11-24/h4,6-7,10-11,20-21H,5,8-9,12-19H2,1-3H3,(H2,31,37)(H,32,33,36). The average molecular weight is 568 g/mol. The molecule has 0 saturated carbocycles. The molecule has 0 bridgehead atoms. The van der Waals surface area contributed by atoms with E-state index in [9.17, 15) is 18.0 Å². The molecule has 1 saturated heterocycles. The first-order valence-corrected chi connectivity index (χ1v) is 15.7. The van der Waals surface area contributed by atoms with Gasteiger partial charge < -0.3 is 11.1 Å². The smallest absolute Gasteiger partial charge is 0.318 e. The zero-order chi connectivity index (χ0) is 28.9. The zero-order valence-electron chi connectivity index (χ0n) is 23.8. The first-order chi connectivity index (χ1) is 19.0. The second kappa shape index (κ2) is 12.5. The number of sulfonamides is 1. The van der Waals surface area contributed by atoms with E-state index in [1.807, 2.05) is 32.0 Å². The molecule has 40 heavy (non-hydrogen) atoms. The van der Waals surface area contributed by atoms with Crippen molar-refractivity contribution in [3.63, 3.8) is 0 Å². The van der Waals surface area contributed by atoms with Crippen molar-refractivity contribution in [1.82, 2.24) is 9.62 Å². The van der Waals surface area contributed by atoms with E-state index in [0.29, 0.717) is 24.9 Å². The molecule has 2 aliphatic heterocycles. The number of hydrogen-bond donors (Lipinski definition) is 2. The van der Waals surface area contributed by atoms with Crippen molar-refractivity contribution in [2.45, 2.75) is 70.8 Å². The van der Waals surface area contributed by atoms with Crippen molar-refractivity contribution >= 4 is 33.5 Å². The van der Waals surface area contributed by atoms with Crippen LogP contribution in [-0.4, -0.2) is 61.9 Å². The van der Waals surface area contributed by atoms with E-state index < -0.39 is 21.6 Å². The molecule has 0 radical (unpaired) electrons. The topological polar surface area (TPSA) is 125 Å². The van der Waals surface area contributed by atoms with Gasteiger partial charge in [-0.2, -0.15) is 0 Å². The Morgan fingerprint density at radius 3 is 2.27 bits per heavy atom. The SMILES string of the molecule is Cc1cc(N(C)C(N)=O)cc(C)c1CCS(=O)(=O)N1CCC2(CC1)N=C(CCCCCc1ccccc1)NC2=O. The Bertz CT molecular complexity index is 1340. The number of unbranched alkanes of at least 4 members (excludes halogenated alkanes) is 2. The molecular formula is C30H41N5O4S. The van der Waals surface area contributed by atoms with Gasteiger partial charge in [-0.25, -0.2) is 17.5 Å². The molecule has 2 aromatic rings. The fourth-order valence-electron chi connectivity index (χ4n) is 5.66. The van der Waals surface area contributed by atoms with Crippen LogP contribution in [0.2, 0.25) is 0 Å². The Labute approximate surface area is 237 Å². The van der Waals surface area contributed by atoms with Gasteiger partial charge >= 0.3 is 6.03 Å². The molecule has 2 heterocycles. The Kier molecular flexibility index (Phi) is 9.30. The van der Waals surface area contributed by atoms with Crippen molar-refractivity contribution in [3.8, 4) is 0 Å². The van der Waals surface area contributed by atoms with Gasteiger partial charge in [0.25, 0.3) is 5.91 Å². The number of primary amides is 1. The summed E-state index contributed by atoms with van der Waals surface area (Å²) in [7, 11) is -1.90. The molecule has 3 N–H and O–H groups in total. The van der Waals surface area contributed by atoms with Crippen LogP contribution in [0, 0.1) is 13.8 Å². The van der Waals surface area contributed by atoms with Crippen LogP contribution < -0.4 is 16.0 Å². The molecule has 2 aliphatic rings. The van der Waals surface area contributed by atoms with Gasteiger partial charge in [0.15, 0.2) is 0 Å². The number of piperidine rings is 1. The van der Waals surface area contributed by atoms with Crippen molar-refractivity contribution in [2.24, 2.45) is 10.7 Å². The maximum atomic E-state index is 13.2. The summed E-state index contributed by atoms with van der Waals surface area (Å²) < 4.78 is 27.9. The number of aliphatic imine (C=N–C) groups is 1. The van der Waals surface area contributed by atoms with E-state index in [2.05, 4.69) is 29.6 Å². The van der Waals surface area contributed by atoms with Crippen molar-refractivity contribution < 1.29 is 18.0 Å². The van der Waals surface area contributed by atoms with E-state index in [0.717, 1.165) is 54.6 Å². The van der Waals surface area contributed by atoms with Gasteiger partial charge in [-0.15, -0.1) is 0 Å². The normalized spacial score (nSPS) is 17.1. The molecule has 10 heteroatoms. The third kappa shape index (κ3) is 6.90. The quantitative estimate of drug-likeness (QED) is 0.400. The highest BCUT2D eigenvalue weighted by atomic mass is 32.2. The molecule has 0 aromatic heterocycles. The molecule has 0 unspecified atom stereocenters. The van der Waals surface area contributed by atoms with Gasteiger partial charge in [0.05, 0.1) is 5.75 Å². The average Bonchev–Trinajstić information content (AvgIpc) is 3.22. The summed E-state index contributed by atoms with van der Waals surface area (Å²) >= 11 is 0. The molecule has 216 valence electrons. The number of nitrogens with zero attached hydrogens (tertiary/aromatic N) is 3. The minimum Gasteiger partial charge on any atom is -0.351 e. The second-order valence-corrected chi connectivity index (χ2v) is 13.1. The van der Waals surface area contributed by atoms with Crippen LogP contribution in [0.15, 0.2) is 47.5 Å². The number of nitrogens with two attached hydrogens (primary N) is 1. The Morgan fingerprint density at radius 1 is 1.02 bits per heavy atom. The van der Waals surface area contributed by atoms with E-state index in [-0.39, 0.29) is 24.7 Å². The summed E-state index contributed by atoms with van der Waals surface area (Å²) in [5, 5.41) is 2.97. The zero-order valence-corrected chi connectivity index (χ0v) is 24.6. The third-order valence-electron chi connectivity index (χ3n) is 8.20. The number of carbonyl (C=O) groups is 2. The summed E-state index contributed by atoms with van der Waals surface area (Å²) in [6, 6.07) is 13.6. The highest BCUT2D eigenvalue weighted by Gasteiger charge is 2.47. The van der Waals surface area contributed by atoms with Gasteiger partial charge in [-0.1, -0.05) is 36.8 Å². The number of amides is 3. The van der Waals surface area contributed by atoms with E-state index in [1.165, 1.54) is 14.8 Å². The molecule has 9 nitrogen and oxygen atoms in total. The third-order valence-corrected chi connectivity index (χ3v) is 10.1. The molecule has 0 atom stereocenters. The Morgan fingerprint density at radius 2 is 1.65 bits per heavy atom. The lowest BCUT2D eigenvalue weighted by Crippen LogP contribution is -2.50. The maximum Gasteiger partial charge on any atom is 0.318 e. The summed E-state index contributed by atoms with van der Waals surface area (Å²) in [6.07, 6.45) is 6.05. The molecule has 0 aliphatic carbocycles. The molecular weight excluding hydrogens is 526 g/mol. The molecule has 3 amide bonds.